The fourth-order valence-electron chi connectivity index (χ4n) is 2.99. The van der Waals surface area contributed by atoms with Crippen molar-refractivity contribution in [2.75, 3.05) is 0 Å². The van der Waals surface area contributed by atoms with Gasteiger partial charge in [-0.15, -0.1) is 0 Å². The van der Waals surface area contributed by atoms with Crippen LogP contribution in [0.4, 0.5) is 0 Å². The number of piperidine rings is 1. The van der Waals surface area contributed by atoms with Crippen LogP contribution in [0.1, 0.15) is 32.1 Å². The van der Waals surface area contributed by atoms with Crippen LogP contribution in [0.15, 0.2) is 0 Å². The lowest BCUT2D eigenvalue weighted by Crippen LogP contribution is -2.58. The third-order valence-corrected chi connectivity index (χ3v) is 4.10. The molecule has 2 unspecified atom stereocenters. The van der Waals surface area contributed by atoms with Gasteiger partial charge in [0.1, 0.15) is 0 Å². The van der Waals surface area contributed by atoms with E-state index in [2.05, 4.69) is 0 Å². The number of fused-ring (bicyclic) bond motifs is 1. The number of aliphatic carboxylic acids is 1. The van der Waals surface area contributed by atoms with Crippen LogP contribution in [0.3, 0.4) is 0 Å². The molecule has 5 heteroatoms. The number of likely N-dealkylation sites (tertiary alicyclic amines) is 1. The maximum atomic E-state index is 11.9. The summed E-state index contributed by atoms with van der Waals surface area (Å²) in [6.07, 6.45) is 2.79. The van der Waals surface area contributed by atoms with Crippen molar-refractivity contribution in [2.45, 2.75) is 37.6 Å². The summed E-state index contributed by atoms with van der Waals surface area (Å²) in [7, 11) is 0. The highest BCUT2D eigenvalue weighted by atomic mass is 16.4. The summed E-state index contributed by atoms with van der Waals surface area (Å²) in [5.41, 5.74) is -0.687. The van der Waals surface area contributed by atoms with Crippen LogP contribution in [-0.2, 0) is 14.4 Å². The molecule has 2 aliphatic carbocycles. The summed E-state index contributed by atoms with van der Waals surface area (Å²) in [5.74, 6) is -1.44. The van der Waals surface area contributed by atoms with Gasteiger partial charge in [0.2, 0.25) is 11.8 Å². The van der Waals surface area contributed by atoms with Crippen molar-refractivity contribution in [3.05, 3.63) is 0 Å². The highest BCUT2D eigenvalue weighted by molar-refractivity contribution is 6.09. The van der Waals surface area contributed by atoms with Gasteiger partial charge in [-0.3, -0.25) is 19.3 Å². The van der Waals surface area contributed by atoms with Gasteiger partial charge >= 0.3 is 5.97 Å². The smallest absolute Gasteiger partial charge is 0.305 e. The van der Waals surface area contributed by atoms with Crippen molar-refractivity contribution in [3.63, 3.8) is 0 Å². The number of carbonyl (C=O) groups excluding carboxylic acids is 2. The van der Waals surface area contributed by atoms with Crippen LogP contribution in [0.2, 0.25) is 0 Å². The Labute approximate surface area is 92.4 Å². The standard InChI is InChI=1S/C11H13NO4/c13-8(14)5-11(2-1-3-11)12-9(15)6-4-7(6)10(12)16/h6-7H,1-5H2,(H,13,14). The molecule has 2 saturated carbocycles. The number of nitrogens with zero attached hydrogens (tertiary/aromatic N) is 1. The number of imide groups is 1. The third-order valence-electron chi connectivity index (χ3n) is 4.10. The number of hydrogen-bond donors (Lipinski definition) is 1. The van der Waals surface area contributed by atoms with Crippen molar-refractivity contribution in [1.29, 1.82) is 0 Å². The van der Waals surface area contributed by atoms with Crippen molar-refractivity contribution < 1.29 is 19.5 Å². The van der Waals surface area contributed by atoms with Crippen LogP contribution in [-0.4, -0.2) is 33.3 Å². The van der Waals surface area contributed by atoms with Crippen molar-refractivity contribution >= 4 is 17.8 Å². The molecule has 5 nitrogen and oxygen atoms in total. The predicted octanol–water partition coefficient (Wildman–Crippen LogP) is 0.389. The first-order valence-corrected chi connectivity index (χ1v) is 5.65. The van der Waals surface area contributed by atoms with Gasteiger partial charge in [-0.25, -0.2) is 0 Å². The monoisotopic (exact) mass is 223 g/mol. The van der Waals surface area contributed by atoms with E-state index in [4.69, 9.17) is 5.11 Å². The molecule has 2 atom stereocenters. The zero-order valence-electron chi connectivity index (χ0n) is 8.81. The van der Waals surface area contributed by atoms with E-state index in [0.29, 0.717) is 19.3 Å². The Morgan fingerprint density at radius 2 is 1.88 bits per heavy atom. The van der Waals surface area contributed by atoms with Gasteiger partial charge in [-0.2, -0.15) is 0 Å². The molecule has 0 spiro atoms. The second kappa shape index (κ2) is 2.84. The molecule has 16 heavy (non-hydrogen) atoms. The first-order valence-electron chi connectivity index (χ1n) is 5.65. The van der Waals surface area contributed by atoms with E-state index in [1.165, 1.54) is 4.90 Å². The first kappa shape index (κ1) is 9.81. The maximum Gasteiger partial charge on any atom is 0.305 e. The molecule has 1 heterocycles. The van der Waals surface area contributed by atoms with Gasteiger partial charge in [-0.1, -0.05) is 0 Å². The number of carbonyl (C=O) groups is 3. The summed E-state index contributed by atoms with van der Waals surface area (Å²) >= 11 is 0. The Balaban J connectivity index is 1.87. The summed E-state index contributed by atoms with van der Waals surface area (Å²) in [6, 6.07) is 0. The zero-order chi connectivity index (χ0) is 11.5. The molecule has 3 fully saturated rings. The normalized spacial score (nSPS) is 34.6. The van der Waals surface area contributed by atoms with Gasteiger partial charge in [0.25, 0.3) is 0 Å². The summed E-state index contributed by atoms with van der Waals surface area (Å²) in [4.78, 5) is 35.9. The molecule has 3 aliphatic rings. The van der Waals surface area contributed by atoms with Crippen LogP contribution < -0.4 is 0 Å². The summed E-state index contributed by atoms with van der Waals surface area (Å²) in [6.45, 7) is 0. The average molecular weight is 223 g/mol. The fraction of sp³-hybridized carbons (Fsp3) is 0.727. The Bertz CT molecular complexity index is 379. The minimum absolute atomic E-state index is 0.0933. The maximum absolute atomic E-state index is 11.9. The molecule has 1 aliphatic heterocycles. The summed E-state index contributed by atoms with van der Waals surface area (Å²) < 4.78 is 0. The van der Waals surface area contributed by atoms with Crippen LogP contribution in [0, 0.1) is 11.8 Å². The topological polar surface area (TPSA) is 74.7 Å². The molecule has 1 saturated heterocycles. The van der Waals surface area contributed by atoms with E-state index in [1.54, 1.807) is 0 Å². The number of amides is 2. The number of rotatable bonds is 3. The van der Waals surface area contributed by atoms with E-state index in [9.17, 15) is 14.4 Å². The second-order valence-corrected chi connectivity index (χ2v) is 5.11. The molecule has 2 amide bonds. The molecular formula is C11H13NO4. The Kier molecular flexibility index (Phi) is 1.74. The highest BCUT2D eigenvalue weighted by Crippen LogP contribution is 2.53. The Morgan fingerprint density at radius 3 is 2.25 bits per heavy atom. The highest BCUT2D eigenvalue weighted by Gasteiger charge is 2.64. The van der Waals surface area contributed by atoms with Crippen molar-refractivity contribution in [1.82, 2.24) is 4.90 Å². The second-order valence-electron chi connectivity index (χ2n) is 5.11. The minimum atomic E-state index is -0.930. The van der Waals surface area contributed by atoms with Gasteiger partial charge < -0.3 is 5.11 Å². The lowest BCUT2D eigenvalue weighted by Gasteiger charge is -2.47. The average Bonchev–Trinajstić information content (AvgIpc) is 2.87. The molecule has 86 valence electrons. The molecule has 0 bridgehead atoms. The SMILES string of the molecule is O=C(O)CC1(N2C(=O)C3CC3C2=O)CCC1. The molecule has 0 aromatic carbocycles. The zero-order valence-corrected chi connectivity index (χ0v) is 8.81. The largest absolute Gasteiger partial charge is 0.481 e. The quantitative estimate of drug-likeness (QED) is 0.702. The predicted molar refractivity (Wildman–Crippen MR) is 52.3 cm³/mol. The van der Waals surface area contributed by atoms with Crippen LogP contribution in [0.5, 0.6) is 0 Å². The number of carboxylic acids is 1. The molecule has 0 aromatic heterocycles. The van der Waals surface area contributed by atoms with E-state index >= 15 is 0 Å². The van der Waals surface area contributed by atoms with Crippen LogP contribution in [0.25, 0.3) is 0 Å². The Morgan fingerprint density at radius 1 is 1.31 bits per heavy atom. The lowest BCUT2D eigenvalue weighted by molar-refractivity contribution is -0.157. The first-order chi connectivity index (χ1) is 7.55. The lowest BCUT2D eigenvalue weighted by atomic mass is 9.73. The molecule has 1 N–H and O–H groups in total. The van der Waals surface area contributed by atoms with Crippen molar-refractivity contribution in [2.24, 2.45) is 11.8 Å². The van der Waals surface area contributed by atoms with Gasteiger partial charge in [0, 0.05) is 0 Å². The summed E-state index contributed by atoms with van der Waals surface area (Å²) in [5, 5.41) is 8.87. The van der Waals surface area contributed by atoms with Gasteiger partial charge in [-0.05, 0) is 25.7 Å². The molecule has 0 aromatic rings. The molecule has 3 rings (SSSR count). The third kappa shape index (κ3) is 1.08. The van der Waals surface area contributed by atoms with E-state index in [-0.39, 0.29) is 30.1 Å². The number of hydrogen-bond acceptors (Lipinski definition) is 3. The van der Waals surface area contributed by atoms with Gasteiger partial charge in [0.05, 0.1) is 23.8 Å². The van der Waals surface area contributed by atoms with Crippen molar-refractivity contribution in [3.8, 4) is 0 Å². The van der Waals surface area contributed by atoms with E-state index in [1.807, 2.05) is 0 Å². The van der Waals surface area contributed by atoms with E-state index < -0.39 is 11.5 Å². The number of carboxylic acid groups (broad SMARTS) is 1. The fourth-order valence-corrected chi connectivity index (χ4v) is 2.99. The minimum Gasteiger partial charge on any atom is -0.481 e. The molecular weight excluding hydrogens is 210 g/mol. The van der Waals surface area contributed by atoms with Crippen LogP contribution >= 0.6 is 0 Å². The Hall–Kier alpha value is -1.39. The van der Waals surface area contributed by atoms with E-state index in [0.717, 1.165) is 6.42 Å². The van der Waals surface area contributed by atoms with Gasteiger partial charge in [0.15, 0.2) is 0 Å². The molecule has 0 radical (unpaired) electrons.